The molecule has 5 heteroatoms. The molecule has 1 aliphatic heterocycles. The Hall–Kier alpha value is -0.770. The highest BCUT2D eigenvalue weighted by atomic mass is 35.5. The standard InChI is InChI=1S/C12H12Cl2N2O/c13-8-5-9(14)11-10(6-8)16-12(17-11)7-1-3-15-4-2-7/h5-7,15H,1-4H2. The van der Waals surface area contributed by atoms with Crippen LogP contribution in [0.1, 0.15) is 24.7 Å². The fraction of sp³-hybridized carbons (Fsp3) is 0.417. The van der Waals surface area contributed by atoms with Crippen LogP contribution in [0.25, 0.3) is 11.1 Å². The molecule has 3 nitrogen and oxygen atoms in total. The zero-order chi connectivity index (χ0) is 11.8. The molecule has 0 atom stereocenters. The van der Waals surface area contributed by atoms with E-state index in [0.29, 0.717) is 21.5 Å². The summed E-state index contributed by atoms with van der Waals surface area (Å²) in [4.78, 5) is 4.49. The van der Waals surface area contributed by atoms with Crippen LogP contribution in [0.15, 0.2) is 16.5 Å². The highest BCUT2D eigenvalue weighted by Crippen LogP contribution is 2.32. The third-order valence-corrected chi connectivity index (χ3v) is 3.61. The van der Waals surface area contributed by atoms with Crippen molar-refractivity contribution in [1.82, 2.24) is 10.3 Å². The average molecular weight is 271 g/mol. The SMILES string of the molecule is Clc1cc(Cl)c2oc(C3CCNCC3)nc2c1. The number of hydrogen-bond donors (Lipinski definition) is 1. The molecule has 1 aromatic carbocycles. The largest absolute Gasteiger partial charge is 0.439 e. The molecule has 0 saturated carbocycles. The minimum atomic E-state index is 0.387. The highest BCUT2D eigenvalue weighted by molar-refractivity contribution is 6.37. The van der Waals surface area contributed by atoms with Crippen molar-refractivity contribution >= 4 is 34.3 Å². The number of rotatable bonds is 1. The number of piperidine rings is 1. The Kier molecular flexibility index (Phi) is 2.99. The molecule has 17 heavy (non-hydrogen) atoms. The number of halogens is 2. The first-order valence-corrected chi connectivity index (χ1v) is 6.46. The van der Waals surface area contributed by atoms with Crippen LogP contribution in [0.2, 0.25) is 10.0 Å². The molecule has 1 saturated heterocycles. The molecule has 1 N–H and O–H groups in total. The first kappa shape index (κ1) is 11.3. The van der Waals surface area contributed by atoms with Gasteiger partial charge in [-0.05, 0) is 38.1 Å². The van der Waals surface area contributed by atoms with Crippen LogP contribution >= 0.6 is 23.2 Å². The van der Waals surface area contributed by atoms with E-state index in [1.54, 1.807) is 12.1 Å². The lowest BCUT2D eigenvalue weighted by Crippen LogP contribution is -2.26. The molecule has 0 unspecified atom stereocenters. The molecule has 90 valence electrons. The molecule has 0 bridgehead atoms. The topological polar surface area (TPSA) is 38.1 Å². The van der Waals surface area contributed by atoms with E-state index in [-0.39, 0.29) is 0 Å². The zero-order valence-electron chi connectivity index (χ0n) is 9.17. The lowest BCUT2D eigenvalue weighted by molar-refractivity contribution is 0.385. The van der Waals surface area contributed by atoms with Gasteiger partial charge in [-0.1, -0.05) is 23.2 Å². The van der Waals surface area contributed by atoms with E-state index in [9.17, 15) is 0 Å². The third kappa shape index (κ3) is 2.15. The molecule has 0 spiro atoms. The van der Waals surface area contributed by atoms with Crippen LogP contribution in [0.3, 0.4) is 0 Å². The predicted molar refractivity (Wildman–Crippen MR) is 68.9 cm³/mol. The van der Waals surface area contributed by atoms with Gasteiger partial charge in [-0.15, -0.1) is 0 Å². The second kappa shape index (κ2) is 4.48. The fourth-order valence-electron chi connectivity index (χ4n) is 2.22. The van der Waals surface area contributed by atoms with Crippen molar-refractivity contribution in [3.8, 4) is 0 Å². The van der Waals surface area contributed by atoms with Gasteiger partial charge in [-0.3, -0.25) is 0 Å². The summed E-state index contributed by atoms with van der Waals surface area (Å²) in [5.41, 5.74) is 1.39. The number of aromatic nitrogens is 1. The summed E-state index contributed by atoms with van der Waals surface area (Å²) in [5, 5.41) is 4.44. The van der Waals surface area contributed by atoms with Crippen molar-refractivity contribution < 1.29 is 4.42 Å². The third-order valence-electron chi connectivity index (χ3n) is 3.11. The lowest BCUT2D eigenvalue weighted by Gasteiger charge is -2.19. The predicted octanol–water partition coefficient (Wildman–Crippen LogP) is 3.60. The molecule has 2 aromatic rings. The van der Waals surface area contributed by atoms with Gasteiger partial charge in [0.15, 0.2) is 11.5 Å². The second-order valence-corrected chi connectivity index (χ2v) is 5.16. The van der Waals surface area contributed by atoms with Crippen LogP contribution in [0.5, 0.6) is 0 Å². The summed E-state index contributed by atoms with van der Waals surface area (Å²) < 4.78 is 5.76. The Labute approximate surface area is 109 Å². The number of oxazole rings is 1. The molecule has 1 aromatic heterocycles. The van der Waals surface area contributed by atoms with Crippen molar-refractivity contribution in [2.24, 2.45) is 0 Å². The average Bonchev–Trinajstić information content (AvgIpc) is 2.74. The Balaban J connectivity index is 2.03. The van der Waals surface area contributed by atoms with E-state index in [0.717, 1.165) is 37.3 Å². The van der Waals surface area contributed by atoms with Gasteiger partial charge in [-0.25, -0.2) is 4.98 Å². The minimum Gasteiger partial charge on any atom is -0.439 e. The Morgan fingerprint density at radius 1 is 1.24 bits per heavy atom. The molecule has 0 amide bonds. The van der Waals surface area contributed by atoms with Gasteiger partial charge in [-0.2, -0.15) is 0 Å². The molecular weight excluding hydrogens is 259 g/mol. The molecule has 1 aliphatic rings. The van der Waals surface area contributed by atoms with Crippen LogP contribution in [-0.2, 0) is 0 Å². The van der Waals surface area contributed by atoms with Crippen molar-refractivity contribution in [1.29, 1.82) is 0 Å². The molecular formula is C12H12Cl2N2O. The summed E-state index contributed by atoms with van der Waals surface area (Å²) in [6.45, 7) is 2.02. The molecule has 0 aliphatic carbocycles. The summed E-state index contributed by atoms with van der Waals surface area (Å²) in [5.74, 6) is 1.17. The van der Waals surface area contributed by atoms with Gasteiger partial charge < -0.3 is 9.73 Å². The maximum Gasteiger partial charge on any atom is 0.198 e. The van der Waals surface area contributed by atoms with Gasteiger partial charge in [0, 0.05) is 10.9 Å². The summed E-state index contributed by atoms with van der Waals surface area (Å²) in [6.07, 6.45) is 2.11. The van der Waals surface area contributed by atoms with Crippen molar-refractivity contribution in [3.63, 3.8) is 0 Å². The Morgan fingerprint density at radius 3 is 2.76 bits per heavy atom. The molecule has 2 heterocycles. The van der Waals surface area contributed by atoms with Gasteiger partial charge in [0.05, 0.1) is 5.02 Å². The molecule has 3 rings (SSSR count). The monoisotopic (exact) mass is 270 g/mol. The van der Waals surface area contributed by atoms with Gasteiger partial charge >= 0.3 is 0 Å². The van der Waals surface area contributed by atoms with E-state index < -0.39 is 0 Å². The normalized spacial score (nSPS) is 17.8. The maximum absolute atomic E-state index is 6.08. The van der Waals surface area contributed by atoms with Crippen LogP contribution in [0, 0.1) is 0 Å². The van der Waals surface area contributed by atoms with E-state index in [4.69, 9.17) is 27.6 Å². The lowest BCUT2D eigenvalue weighted by atomic mass is 9.98. The zero-order valence-corrected chi connectivity index (χ0v) is 10.7. The summed E-state index contributed by atoms with van der Waals surface area (Å²) in [6, 6.07) is 3.47. The number of fused-ring (bicyclic) bond motifs is 1. The van der Waals surface area contributed by atoms with Crippen molar-refractivity contribution in [3.05, 3.63) is 28.1 Å². The van der Waals surface area contributed by atoms with E-state index in [2.05, 4.69) is 10.3 Å². The Bertz CT molecular complexity index is 547. The van der Waals surface area contributed by atoms with Crippen LogP contribution in [0.4, 0.5) is 0 Å². The van der Waals surface area contributed by atoms with Crippen LogP contribution < -0.4 is 5.32 Å². The quantitative estimate of drug-likeness (QED) is 0.861. The highest BCUT2D eigenvalue weighted by Gasteiger charge is 2.21. The van der Waals surface area contributed by atoms with E-state index in [1.165, 1.54) is 0 Å². The van der Waals surface area contributed by atoms with Crippen molar-refractivity contribution in [2.75, 3.05) is 13.1 Å². The number of hydrogen-bond acceptors (Lipinski definition) is 3. The maximum atomic E-state index is 6.08. The Morgan fingerprint density at radius 2 is 2.00 bits per heavy atom. The van der Waals surface area contributed by atoms with Gasteiger partial charge in [0.25, 0.3) is 0 Å². The first-order chi connectivity index (χ1) is 8.24. The van der Waals surface area contributed by atoms with Gasteiger partial charge in [0.1, 0.15) is 5.52 Å². The second-order valence-electron chi connectivity index (χ2n) is 4.31. The number of benzene rings is 1. The summed E-state index contributed by atoms with van der Waals surface area (Å²) in [7, 11) is 0. The first-order valence-electron chi connectivity index (χ1n) is 5.70. The van der Waals surface area contributed by atoms with Gasteiger partial charge in [0.2, 0.25) is 0 Å². The van der Waals surface area contributed by atoms with Crippen molar-refractivity contribution in [2.45, 2.75) is 18.8 Å². The molecule has 1 fully saturated rings. The summed E-state index contributed by atoms with van der Waals surface area (Å²) >= 11 is 12.0. The smallest absolute Gasteiger partial charge is 0.198 e. The molecule has 0 radical (unpaired) electrons. The van der Waals surface area contributed by atoms with E-state index in [1.807, 2.05) is 0 Å². The minimum absolute atomic E-state index is 0.387. The fourth-order valence-corrected chi connectivity index (χ4v) is 2.74. The van der Waals surface area contributed by atoms with Crippen LogP contribution in [-0.4, -0.2) is 18.1 Å². The number of nitrogens with one attached hydrogen (secondary N) is 1. The number of nitrogens with zero attached hydrogens (tertiary/aromatic N) is 1. The van der Waals surface area contributed by atoms with E-state index >= 15 is 0 Å².